The maximum Gasteiger partial charge on any atom is 0.426 e. The van der Waals surface area contributed by atoms with Gasteiger partial charge in [0.25, 0.3) is 0 Å². The Morgan fingerprint density at radius 1 is 0.805 bits per heavy atom. The van der Waals surface area contributed by atoms with Gasteiger partial charge in [-0.1, -0.05) is 36.8 Å². The lowest BCUT2D eigenvalue weighted by Gasteiger charge is -2.18. The molecule has 41 heavy (non-hydrogen) atoms. The number of unbranched alkanes of at least 4 members (excludes halogenated alkanes) is 2. The van der Waals surface area contributed by atoms with Gasteiger partial charge in [-0.05, 0) is 91.3 Å². The molecule has 3 aromatic rings. The first-order valence-corrected chi connectivity index (χ1v) is 13.2. The van der Waals surface area contributed by atoms with E-state index in [4.69, 9.17) is 20.9 Å². The predicted octanol–water partition coefficient (Wildman–Crippen LogP) is 7.83. The summed E-state index contributed by atoms with van der Waals surface area (Å²) in [7, 11) is 0. The minimum absolute atomic E-state index is 0.0500. The number of anilines is 2. The average molecular weight is 577 g/mol. The van der Waals surface area contributed by atoms with E-state index >= 15 is 0 Å². The van der Waals surface area contributed by atoms with Crippen molar-refractivity contribution in [1.29, 1.82) is 0 Å². The smallest absolute Gasteiger partial charge is 0.426 e. The van der Waals surface area contributed by atoms with E-state index in [1.165, 1.54) is 60.7 Å². The van der Waals surface area contributed by atoms with Crippen LogP contribution in [0.5, 0.6) is 5.75 Å². The molecule has 0 aromatic heterocycles. The minimum Gasteiger partial charge on any atom is -0.463 e. The van der Waals surface area contributed by atoms with Crippen LogP contribution in [-0.2, 0) is 28.5 Å². The number of esters is 1. The Morgan fingerprint density at radius 2 is 1.51 bits per heavy atom. The van der Waals surface area contributed by atoms with E-state index in [-0.39, 0.29) is 24.3 Å². The fourth-order valence-electron chi connectivity index (χ4n) is 4.04. The van der Waals surface area contributed by atoms with Crippen LogP contribution in [0.15, 0.2) is 72.8 Å². The molecule has 0 heterocycles. The molecule has 0 radical (unpaired) electrons. The van der Waals surface area contributed by atoms with Crippen LogP contribution in [0.4, 0.5) is 33.3 Å². The van der Waals surface area contributed by atoms with E-state index in [0.29, 0.717) is 49.0 Å². The maximum absolute atomic E-state index is 14.7. The molecular formula is C31H33F5N2O3. The number of halogens is 5. The zero-order valence-electron chi connectivity index (χ0n) is 22.4. The Morgan fingerprint density at radius 3 is 2.17 bits per heavy atom. The van der Waals surface area contributed by atoms with E-state index in [9.17, 15) is 26.7 Å². The molecule has 3 aromatic carbocycles. The standard InChI is InChI=1S/C31H33F5N2O3/c32-30(33,34)19-3-1-2-5-22-7-13-25(14-8-22)31(35,36)41-27-16-9-23(10-17-27)11-18-29(39)40-20-4-6-24-12-15-26(37)21-28(24)38/h7-18,21H,1-6,19-20,37-38H2/b18-11+. The topological polar surface area (TPSA) is 87.6 Å². The Hall–Kier alpha value is -4.08. The van der Waals surface area contributed by atoms with Crippen LogP contribution in [0.2, 0.25) is 0 Å². The van der Waals surface area contributed by atoms with Gasteiger partial charge in [0.2, 0.25) is 0 Å². The summed E-state index contributed by atoms with van der Waals surface area (Å²) in [5, 5.41) is 0. The van der Waals surface area contributed by atoms with Crippen molar-refractivity contribution in [3.05, 3.63) is 95.1 Å². The third kappa shape index (κ3) is 11.1. The molecule has 220 valence electrons. The zero-order valence-corrected chi connectivity index (χ0v) is 22.4. The Kier molecular flexibility index (Phi) is 11.1. The van der Waals surface area contributed by atoms with Crippen molar-refractivity contribution in [3.63, 3.8) is 0 Å². The van der Waals surface area contributed by atoms with E-state index in [2.05, 4.69) is 0 Å². The van der Waals surface area contributed by atoms with Crippen molar-refractivity contribution < 1.29 is 36.2 Å². The second-order valence-electron chi connectivity index (χ2n) is 9.62. The van der Waals surface area contributed by atoms with Gasteiger partial charge in [0.1, 0.15) is 5.75 Å². The predicted molar refractivity (Wildman–Crippen MR) is 149 cm³/mol. The molecule has 0 fully saturated rings. The molecule has 10 heteroatoms. The summed E-state index contributed by atoms with van der Waals surface area (Å²) >= 11 is 0. The number of rotatable bonds is 14. The number of carbonyl (C=O) groups excluding carboxylic acids is 1. The maximum atomic E-state index is 14.7. The molecule has 0 aliphatic rings. The van der Waals surface area contributed by atoms with Crippen LogP contribution in [0, 0.1) is 0 Å². The van der Waals surface area contributed by atoms with E-state index < -0.39 is 24.7 Å². The van der Waals surface area contributed by atoms with Gasteiger partial charge in [0.05, 0.1) is 12.2 Å². The van der Waals surface area contributed by atoms with Crippen molar-refractivity contribution in [2.75, 3.05) is 18.1 Å². The molecule has 0 saturated heterocycles. The number of nitrogens with two attached hydrogens (primary N) is 2. The van der Waals surface area contributed by atoms with Crippen molar-refractivity contribution in [2.45, 2.75) is 57.2 Å². The molecule has 3 rings (SSSR count). The van der Waals surface area contributed by atoms with Crippen LogP contribution in [0.25, 0.3) is 6.08 Å². The van der Waals surface area contributed by atoms with Gasteiger partial charge in [-0.3, -0.25) is 0 Å². The third-order valence-corrected chi connectivity index (χ3v) is 6.26. The van der Waals surface area contributed by atoms with Crippen molar-refractivity contribution >= 4 is 23.4 Å². The largest absolute Gasteiger partial charge is 0.463 e. The lowest BCUT2D eigenvalue weighted by molar-refractivity contribution is -0.185. The fraction of sp³-hybridized carbons (Fsp3) is 0.323. The number of hydrogen-bond donors (Lipinski definition) is 2. The zero-order chi connectivity index (χ0) is 29.9. The van der Waals surface area contributed by atoms with Gasteiger partial charge < -0.3 is 20.9 Å². The summed E-state index contributed by atoms with van der Waals surface area (Å²) in [6.07, 6.45) is -3.09. The summed E-state index contributed by atoms with van der Waals surface area (Å²) in [5.74, 6) is -0.600. The number of hydrogen-bond acceptors (Lipinski definition) is 5. The Balaban J connectivity index is 1.41. The Bertz CT molecular complexity index is 1290. The monoisotopic (exact) mass is 576 g/mol. The number of ether oxygens (including phenoxy) is 2. The highest BCUT2D eigenvalue weighted by atomic mass is 19.4. The molecule has 0 bridgehead atoms. The summed E-state index contributed by atoms with van der Waals surface area (Å²) in [5.41, 5.74) is 14.7. The van der Waals surface area contributed by atoms with Gasteiger partial charge in [-0.15, -0.1) is 0 Å². The molecule has 5 nitrogen and oxygen atoms in total. The quantitative estimate of drug-likeness (QED) is 0.0671. The van der Waals surface area contributed by atoms with Gasteiger partial charge in [-0.25, -0.2) is 4.79 Å². The van der Waals surface area contributed by atoms with E-state index in [1.807, 2.05) is 6.07 Å². The number of alkyl halides is 5. The van der Waals surface area contributed by atoms with Gasteiger partial charge in [0, 0.05) is 23.9 Å². The summed E-state index contributed by atoms with van der Waals surface area (Å²) < 4.78 is 76.0. The van der Waals surface area contributed by atoms with Crippen molar-refractivity contribution in [3.8, 4) is 5.75 Å². The Labute approximate surface area is 235 Å². The van der Waals surface area contributed by atoms with E-state index in [0.717, 1.165) is 11.1 Å². The van der Waals surface area contributed by atoms with Crippen LogP contribution in [-0.4, -0.2) is 18.8 Å². The highest BCUT2D eigenvalue weighted by Gasteiger charge is 2.34. The highest BCUT2D eigenvalue weighted by Crippen LogP contribution is 2.32. The van der Waals surface area contributed by atoms with Crippen molar-refractivity contribution in [2.24, 2.45) is 0 Å². The molecule has 0 unspecified atom stereocenters. The van der Waals surface area contributed by atoms with Crippen LogP contribution in [0.3, 0.4) is 0 Å². The fourth-order valence-corrected chi connectivity index (χ4v) is 4.04. The SMILES string of the molecule is Nc1ccc(CCCOC(=O)/C=C/c2ccc(OC(F)(F)c3ccc(CCCCCC(F)(F)F)cc3)cc2)c(N)c1. The number of carbonyl (C=O) groups is 1. The third-order valence-electron chi connectivity index (χ3n) is 6.26. The number of benzene rings is 3. The number of aryl methyl sites for hydroxylation is 2. The first kappa shape index (κ1) is 31.4. The molecular weight excluding hydrogens is 543 g/mol. The second kappa shape index (κ2) is 14.5. The van der Waals surface area contributed by atoms with Crippen molar-refractivity contribution in [1.82, 2.24) is 0 Å². The highest BCUT2D eigenvalue weighted by molar-refractivity contribution is 5.87. The van der Waals surface area contributed by atoms with Crippen LogP contribution >= 0.6 is 0 Å². The molecule has 0 aliphatic carbocycles. The second-order valence-corrected chi connectivity index (χ2v) is 9.62. The molecule has 4 N–H and O–H groups in total. The summed E-state index contributed by atoms with van der Waals surface area (Å²) in [6, 6.07) is 16.6. The molecule has 0 aliphatic heterocycles. The van der Waals surface area contributed by atoms with Gasteiger partial charge in [-0.2, -0.15) is 22.0 Å². The number of nitrogen functional groups attached to an aromatic ring is 2. The molecule has 0 spiro atoms. The van der Waals surface area contributed by atoms with Gasteiger partial charge >= 0.3 is 18.3 Å². The normalized spacial score (nSPS) is 12.0. The lowest BCUT2D eigenvalue weighted by atomic mass is 10.0. The first-order valence-electron chi connectivity index (χ1n) is 13.2. The lowest BCUT2D eigenvalue weighted by Crippen LogP contribution is -2.21. The summed E-state index contributed by atoms with van der Waals surface area (Å²) in [4.78, 5) is 12.0. The summed E-state index contributed by atoms with van der Waals surface area (Å²) in [6.45, 7) is 0.206. The van der Waals surface area contributed by atoms with Crippen LogP contribution in [0.1, 0.15) is 54.4 Å². The first-order chi connectivity index (χ1) is 19.4. The van der Waals surface area contributed by atoms with E-state index in [1.54, 1.807) is 12.1 Å². The van der Waals surface area contributed by atoms with Gasteiger partial charge in [0.15, 0.2) is 0 Å². The molecule has 0 saturated carbocycles. The molecule has 0 atom stereocenters. The molecule has 0 amide bonds. The van der Waals surface area contributed by atoms with Crippen LogP contribution < -0.4 is 16.2 Å². The average Bonchev–Trinajstić information content (AvgIpc) is 2.91. The minimum atomic E-state index is -4.16.